The molecule has 0 unspecified atom stereocenters. The Morgan fingerprint density at radius 3 is 1.94 bits per heavy atom. The van der Waals surface area contributed by atoms with Crippen LogP contribution in [0.4, 0.5) is 0 Å². The van der Waals surface area contributed by atoms with Crippen LogP contribution in [-0.4, -0.2) is 70.0 Å². The molecule has 9 nitrogen and oxygen atoms in total. The molecule has 0 radical (unpaired) electrons. The molecular formula is C21H25N3O6S2. The number of rotatable bonds is 7. The lowest BCUT2D eigenvalue weighted by atomic mass is 10.2. The van der Waals surface area contributed by atoms with Gasteiger partial charge in [0.2, 0.25) is 26.0 Å². The van der Waals surface area contributed by atoms with Gasteiger partial charge in [0, 0.05) is 31.7 Å². The van der Waals surface area contributed by atoms with Gasteiger partial charge in [0.25, 0.3) is 0 Å². The van der Waals surface area contributed by atoms with Crippen LogP contribution in [0, 0.1) is 0 Å². The molecule has 2 aromatic rings. The smallest absolute Gasteiger partial charge is 0.243 e. The number of Topliss-reactive ketones (excluding diaryl/α,β-unsaturated/α-hetero) is 1. The van der Waals surface area contributed by atoms with Crippen LogP contribution < -0.4 is 4.72 Å². The third-order valence-electron chi connectivity index (χ3n) is 5.20. The molecule has 1 fully saturated rings. The van der Waals surface area contributed by atoms with Gasteiger partial charge in [0.05, 0.1) is 15.8 Å². The summed E-state index contributed by atoms with van der Waals surface area (Å²) in [5.74, 6) is -0.578. The Balaban J connectivity index is 1.62. The highest BCUT2D eigenvalue weighted by Crippen LogP contribution is 2.19. The predicted molar refractivity (Wildman–Crippen MR) is 118 cm³/mol. The fourth-order valence-corrected chi connectivity index (χ4v) is 6.02. The Kier molecular flexibility index (Phi) is 7.13. The van der Waals surface area contributed by atoms with E-state index in [1.165, 1.54) is 59.5 Å². The van der Waals surface area contributed by atoms with E-state index in [-0.39, 0.29) is 41.8 Å². The molecule has 1 atom stereocenters. The van der Waals surface area contributed by atoms with Crippen molar-refractivity contribution in [3.05, 3.63) is 60.2 Å². The van der Waals surface area contributed by atoms with Gasteiger partial charge in [0.1, 0.15) is 0 Å². The first-order valence-corrected chi connectivity index (χ1v) is 12.9. The van der Waals surface area contributed by atoms with Crippen LogP contribution in [0.2, 0.25) is 0 Å². The number of amides is 1. The van der Waals surface area contributed by atoms with E-state index in [1.54, 1.807) is 18.2 Å². The number of hydrogen-bond donors (Lipinski definition) is 1. The van der Waals surface area contributed by atoms with Crippen molar-refractivity contribution in [2.75, 3.05) is 26.2 Å². The summed E-state index contributed by atoms with van der Waals surface area (Å²) in [6.07, 6.45) is 0. The minimum Gasteiger partial charge on any atom is -0.339 e. The van der Waals surface area contributed by atoms with Gasteiger partial charge in [-0.15, -0.1) is 0 Å². The van der Waals surface area contributed by atoms with Gasteiger partial charge >= 0.3 is 0 Å². The minimum atomic E-state index is -3.85. The van der Waals surface area contributed by atoms with E-state index in [9.17, 15) is 26.4 Å². The van der Waals surface area contributed by atoms with Gasteiger partial charge in [-0.3, -0.25) is 9.59 Å². The molecule has 0 spiro atoms. The standard InChI is InChI=1S/C21H25N3O6S2/c1-16(22-31(27,28)19-6-4-3-5-7-19)21(26)23-12-14-24(15-13-23)32(29,30)20-10-8-18(9-11-20)17(2)25/h3-11,16,22H,12-15H2,1-2H3/t16-/m0/s1. The van der Waals surface area contributed by atoms with Gasteiger partial charge in [0.15, 0.2) is 5.78 Å². The second-order valence-electron chi connectivity index (χ2n) is 7.47. The van der Waals surface area contributed by atoms with Crippen molar-refractivity contribution in [1.82, 2.24) is 13.9 Å². The lowest BCUT2D eigenvalue weighted by Crippen LogP contribution is -2.55. The van der Waals surface area contributed by atoms with E-state index < -0.39 is 32.0 Å². The number of carbonyl (C=O) groups is 2. The Hall–Kier alpha value is -2.60. The first-order chi connectivity index (χ1) is 15.0. The Labute approximate surface area is 188 Å². The Bertz CT molecular complexity index is 1190. The van der Waals surface area contributed by atoms with Gasteiger partial charge < -0.3 is 4.90 Å². The molecule has 1 aliphatic rings. The Morgan fingerprint density at radius 2 is 1.41 bits per heavy atom. The lowest BCUT2D eigenvalue weighted by Gasteiger charge is -2.35. The molecule has 3 rings (SSSR count). The van der Waals surface area contributed by atoms with E-state index >= 15 is 0 Å². The monoisotopic (exact) mass is 479 g/mol. The molecule has 0 bridgehead atoms. The van der Waals surface area contributed by atoms with Crippen LogP contribution in [0.5, 0.6) is 0 Å². The maximum Gasteiger partial charge on any atom is 0.243 e. The summed E-state index contributed by atoms with van der Waals surface area (Å²) in [4.78, 5) is 25.7. The highest BCUT2D eigenvalue weighted by molar-refractivity contribution is 7.89. The highest BCUT2D eigenvalue weighted by Gasteiger charge is 2.32. The maximum absolute atomic E-state index is 12.9. The average Bonchev–Trinajstić information content (AvgIpc) is 2.79. The van der Waals surface area contributed by atoms with E-state index in [0.29, 0.717) is 5.56 Å². The molecular weight excluding hydrogens is 454 g/mol. The summed E-state index contributed by atoms with van der Waals surface area (Å²) in [6.45, 7) is 3.31. The molecule has 1 amide bonds. The summed E-state index contributed by atoms with van der Waals surface area (Å²) in [5, 5.41) is 0. The van der Waals surface area contributed by atoms with Crippen molar-refractivity contribution in [2.45, 2.75) is 29.7 Å². The van der Waals surface area contributed by atoms with Crippen molar-refractivity contribution < 1.29 is 26.4 Å². The number of ketones is 1. The van der Waals surface area contributed by atoms with Crippen LogP contribution >= 0.6 is 0 Å². The summed E-state index contributed by atoms with van der Waals surface area (Å²) >= 11 is 0. The van der Waals surface area contributed by atoms with E-state index in [0.717, 1.165) is 0 Å². The molecule has 2 aromatic carbocycles. The fourth-order valence-electron chi connectivity index (χ4n) is 3.38. The quantitative estimate of drug-likeness (QED) is 0.594. The summed E-state index contributed by atoms with van der Waals surface area (Å²) in [6, 6.07) is 12.5. The molecule has 1 heterocycles. The highest BCUT2D eigenvalue weighted by atomic mass is 32.2. The fraction of sp³-hybridized carbons (Fsp3) is 0.333. The van der Waals surface area contributed by atoms with Crippen molar-refractivity contribution >= 4 is 31.7 Å². The number of carbonyl (C=O) groups excluding carboxylic acids is 2. The lowest BCUT2D eigenvalue weighted by molar-refractivity contribution is -0.133. The number of nitrogens with zero attached hydrogens (tertiary/aromatic N) is 2. The zero-order chi connectivity index (χ0) is 23.5. The molecule has 32 heavy (non-hydrogen) atoms. The van der Waals surface area contributed by atoms with Crippen molar-refractivity contribution in [1.29, 1.82) is 0 Å². The average molecular weight is 480 g/mol. The molecule has 1 saturated heterocycles. The first-order valence-electron chi connectivity index (χ1n) is 10.00. The zero-order valence-corrected chi connectivity index (χ0v) is 19.4. The zero-order valence-electron chi connectivity index (χ0n) is 17.8. The maximum atomic E-state index is 12.9. The van der Waals surface area contributed by atoms with Gasteiger partial charge in [-0.1, -0.05) is 30.3 Å². The molecule has 172 valence electrons. The summed E-state index contributed by atoms with van der Waals surface area (Å²) in [5.41, 5.74) is 0.423. The van der Waals surface area contributed by atoms with Gasteiger partial charge in [-0.25, -0.2) is 16.8 Å². The van der Waals surface area contributed by atoms with E-state index in [1.807, 2.05) is 0 Å². The van der Waals surface area contributed by atoms with Crippen molar-refractivity contribution in [3.8, 4) is 0 Å². The predicted octanol–water partition coefficient (Wildman–Crippen LogP) is 1.09. The van der Waals surface area contributed by atoms with Gasteiger partial charge in [-0.2, -0.15) is 9.03 Å². The topological polar surface area (TPSA) is 121 Å². The third-order valence-corrected chi connectivity index (χ3v) is 8.67. The van der Waals surface area contributed by atoms with Crippen LogP contribution in [-0.2, 0) is 24.8 Å². The van der Waals surface area contributed by atoms with Crippen LogP contribution in [0.1, 0.15) is 24.2 Å². The summed E-state index contributed by atoms with van der Waals surface area (Å²) in [7, 11) is -7.62. The molecule has 11 heteroatoms. The molecule has 1 N–H and O–H groups in total. The van der Waals surface area contributed by atoms with Crippen molar-refractivity contribution in [2.24, 2.45) is 0 Å². The largest absolute Gasteiger partial charge is 0.339 e. The summed E-state index contributed by atoms with van der Waals surface area (Å²) < 4.78 is 54.3. The molecule has 0 aromatic heterocycles. The first kappa shape index (κ1) is 24.1. The van der Waals surface area contributed by atoms with E-state index in [2.05, 4.69) is 4.72 Å². The third kappa shape index (κ3) is 5.23. The Morgan fingerprint density at radius 1 is 0.844 bits per heavy atom. The SMILES string of the molecule is CC(=O)c1ccc(S(=O)(=O)N2CCN(C(=O)[C@H](C)NS(=O)(=O)c3ccccc3)CC2)cc1. The second kappa shape index (κ2) is 9.49. The van der Waals surface area contributed by atoms with Crippen LogP contribution in [0.15, 0.2) is 64.4 Å². The molecule has 1 aliphatic heterocycles. The van der Waals surface area contributed by atoms with E-state index in [4.69, 9.17) is 0 Å². The second-order valence-corrected chi connectivity index (χ2v) is 11.1. The molecule has 0 aliphatic carbocycles. The normalized spacial score (nSPS) is 16.5. The minimum absolute atomic E-state index is 0.0614. The van der Waals surface area contributed by atoms with Crippen LogP contribution in [0.3, 0.4) is 0 Å². The number of nitrogens with one attached hydrogen (secondary N) is 1. The van der Waals surface area contributed by atoms with Crippen LogP contribution in [0.25, 0.3) is 0 Å². The number of sulfonamides is 2. The van der Waals surface area contributed by atoms with Gasteiger partial charge in [-0.05, 0) is 38.1 Å². The molecule has 0 saturated carbocycles. The number of benzene rings is 2. The number of hydrogen-bond acceptors (Lipinski definition) is 6. The number of piperazine rings is 1. The van der Waals surface area contributed by atoms with Crippen molar-refractivity contribution in [3.63, 3.8) is 0 Å².